The molecular formula is C11H17NO3S2. The van der Waals surface area contributed by atoms with Crippen LogP contribution < -0.4 is 0 Å². The maximum absolute atomic E-state index is 12.0. The van der Waals surface area contributed by atoms with Crippen LogP contribution in [-0.4, -0.2) is 29.6 Å². The van der Waals surface area contributed by atoms with Crippen LogP contribution in [0.25, 0.3) is 0 Å². The average molecular weight is 275 g/mol. The zero-order chi connectivity index (χ0) is 13.2. The maximum atomic E-state index is 12.0. The number of hydrogen-bond acceptors (Lipinski definition) is 4. The van der Waals surface area contributed by atoms with Crippen molar-refractivity contribution >= 4 is 20.6 Å². The molecule has 0 radical (unpaired) electrons. The highest BCUT2D eigenvalue weighted by Crippen LogP contribution is 2.23. The predicted octanol–water partition coefficient (Wildman–Crippen LogP) is 1.62. The Labute approximate surface area is 105 Å². The molecule has 0 aliphatic carbocycles. The Balaban J connectivity index is 3.52. The van der Waals surface area contributed by atoms with Gasteiger partial charge in [-0.1, -0.05) is 6.92 Å². The summed E-state index contributed by atoms with van der Waals surface area (Å²) < 4.78 is 35.4. The molecule has 1 heterocycles. The van der Waals surface area contributed by atoms with Gasteiger partial charge in [0.15, 0.2) is 9.84 Å². The normalized spacial score (nSPS) is 13.6. The summed E-state index contributed by atoms with van der Waals surface area (Å²) >= 11 is 0. The fourth-order valence-electron chi connectivity index (χ4n) is 1.68. The third kappa shape index (κ3) is 3.35. The molecule has 0 aliphatic heterocycles. The van der Waals surface area contributed by atoms with Gasteiger partial charge in [0.05, 0.1) is 10.8 Å². The molecule has 0 saturated heterocycles. The molecule has 0 saturated carbocycles. The van der Waals surface area contributed by atoms with Gasteiger partial charge in [0, 0.05) is 17.7 Å². The van der Waals surface area contributed by atoms with Crippen molar-refractivity contribution in [1.29, 1.82) is 0 Å². The Morgan fingerprint density at radius 1 is 1.35 bits per heavy atom. The van der Waals surface area contributed by atoms with Crippen molar-refractivity contribution in [3.05, 3.63) is 17.3 Å². The summed E-state index contributed by atoms with van der Waals surface area (Å²) in [5, 5.41) is 0.201. The van der Waals surface area contributed by atoms with Gasteiger partial charge in [-0.3, -0.25) is 4.21 Å². The fraction of sp³-hybridized carbons (Fsp3) is 0.545. The smallest absolute Gasteiger partial charge is 0.178 e. The van der Waals surface area contributed by atoms with Crippen LogP contribution in [0.4, 0.5) is 0 Å². The van der Waals surface area contributed by atoms with E-state index in [-0.39, 0.29) is 9.92 Å². The highest BCUT2D eigenvalue weighted by atomic mass is 32.2. The van der Waals surface area contributed by atoms with Crippen LogP contribution in [0.2, 0.25) is 0 Å². The molecule has 1 aromatic heterocycles. The summed E-state index contributed by atoms with van der Waals surface area (Å²) in [7, 11) is -4.75. The third-order valence-electron chi connectivity index (χ3n) is 2.23. The Morgan fingerprint density at radius 3 is 2.41 bits per heavy atom. The van der Waals surface area contributed by atoms with Gasteiger partial charge in [-0.05, 0) is 31.9 Å². The quantitative estimate of drug-likeness (QED) is 0.837. The molecular weight excluding hydrogens is 258 g/mol. The predicted molar refractivity (Wildman–Crippen MR) is 68.4 cm³/mol. The van der Waals surface area contributed by atoms with E-state index in [0.717, 1.165) is 12.7 Å². The highest BCUT2D eigenvalue weighted by Gasteiger charge is 2.22. The number of nitrogens with zero attached hydrogens (tertiary/aromatic N) is 1. The van der Waals surface area contributed by atoms with Gasteiger partial charge in [-0.25, -0.2) is 13.4 Å². The van der Waals surface area contributed by atoms with E-state index >= 15 is 0 Å². The Morgan fingerprint density at radius 2 is 1.94 bits per heavy atom. The molecule has 1 rings (SSSR count). The van der Waals surface area contributed by atoms with Crippen LogP contribution in [0.15, 0.2) is 16.0 Å². The second-order valence-electron chi connectivity index (χ2n) is 4.04. The lowest BCUT2D eigenvalue weighted by Crippen LogP contribution is -2.11. The molecule has 96 valence electrons. The topological polar surface area (TPSA) is 64.1 Å². The molecule has 0 spiro atoms. The van der Waals surface area contributed by atoms with Crippen LogP contribution in [-0.2, 0) is 20.6 Å². The van der Waals surface area contributed by atoms with Crippen LogP contribution in [0.1, 0.15) is 24.6 Å². The Kier molecular flexibility index (Phi) is 4.43. The van der Waals surface area contributed by atoms with Gasteiger partial charge < -0.3 is 0 Å². The summed E-state index contributed by atoms with van der Waals surface area (Å²) in [5.41, 5.74) is 1.30. The number of rotatable bonds is 4. The van der Waals surface area contributed by atoms with Crippen LogP contribution in [0.3, 0.4) is 0 Å². The molecule has 1 aromatic rings. The van der Waals surface area contributed by atoms with Crippen molar-refractivity contribution in [2.75, 3.05) is 12.0 Å². The first-order valence-corrected chi connectivity index (χ1v) is 8.55. The molecule has 0 N–H and O–H groups in total. The number of sulfone groups is 1. The lowest BCUT2D eigenvalue weighted by Gasteiger charge is -2.10. The zero-order valence-corrected chi connectivity index (χ0v) is 12.1. The molecule has 0 amide bonds. The van der Waals surface area contributed by atoms with Crippen molar-refractivity contribution in [3.8, 4) is 0 Å². The monoisotopic (exact) mass is 275 g/mol. The van der Waals surface area contributed by atoms with E-state index in [1.807, 2.05) is 6.92 Å². The van der Waals surface area contributed by atoms with Gasteiger partial charge in [0.1, 0.15) is 9.92 Å². The molecule has 1 atom stereocenters. The van der Waals surface area contributed by atoms with E-state index in [9.17, 15) is 12.6 Å². The summed E-state index contributed by atoms with van der Waals surface area (Å²) in [6.45, 7) is 5.38. The molecule has 0 aliphatic rings. The van der Waals surface area contributed by atoms with E-state index < -0.39 is 20.6 Å². The summed E-state index contributed by atoms with van der Waals surface area (Å²) in [6, 6.07) is 1.70. The molecule has 0 fully saturated rings. The first-order chi connectivity index (χ1) is 7.77. The van der Waals surface area contributed by atoms with Gasteiger partial charge in [-0.2, -0.15) is 0 Å². The van der Waals surface area contributed by atoms with Crippen LogP contribution in [0, 0.1) is 13.8 Å². The lowest BCUT2D eigenvalue weighted by atomic mass is 10.2. The second-order valence-corrected chi connectivity index (χ2v) is 7.48. The summed E-state index contributed by atoms with van der Waals surface area (Å²) in [5.74, 6) is 0.429. The largest absolute Gasteiger partial charge is 0.253 e. The average Bonchev–Trinajstić information content (AvgIpc) is 2.14. The molecule has 0 unspecified atom stereocenters. The first kappa shape index (κ1) is 14.3. The van der Waals surface area contributed by atoms with Crippen molar-refractivity contribution in [2.24, 2.45) is 0 Å². The zero-order valence-electron chi connectivity index (χ0n) is 10.5. The van der Waals surface area contributed by atoms with E-state index in [1.165, 1.54) is 0 Å². The van der Waals surface area contributed by atoms with Crippen molar-refractivity contribution < 1.29 is 12.6 Å². The van der Waals surface area contributed by atoms with Gasteiger partial charge in [0.2, 0.25) is 0 Å². The molecule has 0 bridgehead atoms. The molecule has 0 aromatic carbocycles. The van der Waals surface area contributed by atoms with E-state index in [1.54, 1.807) is 19.9 Å². The second kappa shape index (κ2) is 5.27. The maximum Gasteiger partial charge on any atom is 0.178 e. The van der Waals surface area contributed by atoms with Crippen LogP contribution >= 0.6 is 0 Å². The minimum absolute atomic E-state index is 0.120. The first-order valence-electron chi connectivity index (χ1n) is 5.34. The molecule has 17 heavy (non-hydrogen) atoms. The number of hydrogen-bond donors (Lipinski definition) is 0. The van der Waals surface area contributed by atoms with Crippen LogP contribution in [0.5, 0.6) is 0 Å². The number of aryl methyl sites for hydroxylation is 2. The number of pyridine rings is 1. The van der Waals surface area contributed by atoms with E-state index in [2.05, 4.69) is 4.98 Å². The SMILES string of the molecule is CCC[S@@](=O)c1nc(C)cc(C)c1S(C)(=O)=O. The number of aromatic nitrogens is 1. The van der Waals surface area contributed by atoms with Gasteiger partial charge in [0.25, 0.3) is 0 Å². The van der Waals surface area contributed by atoms with Crippen molar-refractivity contribution in [1.82, 2.24) is 4.98 Å². The van der Waals surface area contributed by atoms with Gasteiger partial charge >= 0.3 is 0 Å². The van der Waals surface area contributed by atoms with E-state index in [0.29, 0.717) is 17.0 Å². The van der Waals surface area contributed by atoms with E-state index in [4.69, 9.17) is 0 Å². The van der Waals surface area contributed by atoms with Crippen molar-refractivity contribution in [2.45, 2.75) is 37.1 Å². The minimum Gasteiger partial charge on any atom is -0.253 e. The van der Waals surface area contributed by atoms with Crippen molar-refractivity contribution in [3.63, 3.8) is 0 Å². The lowest BCUT2D eigenvalue weighted by molar-refractivity contribution is 0.596. The Hall–Kier alpha value is -0.750. The Bertz CT molecular complexity index is 550. The fourth-order valence-corrected chi connectivity index (χ4v) is 4.60. The summed E-state index contributed by atoms with van der Waals surface area (Å²) in [4.78, 5) is 4.26. The van der Waals surface area contributed by atoms with Gasteiger partial charge in [-0.15, -0.1) is 0 Å². The highest BCUT2D eigenvalue weighted by molar-refractivity contribution is 7.92. The summed E-state index contributed by atoms with van der Waals surface area (Å²) in [6.07, 6.45) is 1.85. The standard InChI is InChI=1S/C11H17NO3S2/c1-5-6-16(13)11-10(17(4,14)15)8(2)7-9(3)12-11/h7H,5-6H2,1-4H3/t16-/m1/s1. The molecule has 6 heteroatoms. The third-order valence-corrected chi connectivity index (χ3v) is 5.12. The molecule has 4 nitrogen and oxygen atoms in total. The minimum atomic E-state index is -3.40.